The van der Waals surface area contributed by atoms with Crippen LogP contribution in [0.2, 0.25) is 0 Å². The van der Waals surface area contributed by atoms with Gasteiger partial charge in [0.1, 0.15) is 23.1 Å². The average Bonchev–Trinajstić information content (AvgIpc) is 3.58. The zero-order valence-corrected chi connectivity index (χ0v) is 49.3. The SMILES string of the molecule is C[C@@H]1CN([C@H](c2ccc(Cc3cccc(F)c3)c(O)c2)c2ccccc2C2(C)CCN(CC(=O)CN3CCC(C)(c4ccccc4[C@@H](c4ccc(Cc5cccc(F)c5)c(O)c4)N4C[C@@H](C)NC[C@@H]4C)CC3)CC2)[C@@H](C)CN1.Cl.Cl. The standard InChI is InChI=1S/C67H82F2N6O3.2ClH/c1-45-41-74(47(3)39-70-45)64(53-23-21-51(62(77)37-53)33-49-13-11-15-55(68)35-49)58-17-7-9-19-60(58)66(5)25-29-72(30-26-66)43-57(76)44-73-31-27-67(6,28-32-73)61-20-10-8-18-59(61)65(75-42-46(2)71-40-48(75)4)54-24-22-52(63(78)38-54)34-50-14-12-16-56(69)36-50;;/h7-24,35-38,45-48,64-65,70-71,77-78H,25-34,39-44H2,1-6H3;2*1H/t45-,46-,47+,48+,64-,65-;;/m1../s1. The lowest BCUT2D eigenvalue weighted by molar-refractivity contribution is -0.122. The number of hydrogen-bond donors (Lipinski definition) is 4. The smallest absolute Gasteiger partial charge is 0.160 e. The molecule has 9 nitrogen and oxygen atoms in total. The number of ketones is 1. The van der Waals surface area contributed by atoms with Crippen LogP contribution in [0.3, 0.4) is 0 Å². The van der Waals surface area contributed by atoms with Crippen LogP contribution in [-0.4, -0.2) is 125 Å². The Balaban J connectivity index is 0.00000420. The first kappa shape index (κ1) is 60.9. The van der Waals surface area contributed by atoms with Crippen molar-refractivity contribution >= 4 is 30.6 Å². The number of Topliss-reactive ketones (excluding diaryl/α,β-unsaturated/α-hetero) is 1. The molecule has 6 atom stereocenters. The molecule has 0 radical (unpaired) electrons. The minimum absolute atomic E-state index is 0. The number of phenolic OH excluding ortho intramolecular Hbond substituents is 2. The van der Waals surface area contributed by atoms with Gasteiger partial charge in [-0.15, -0.1) is 24.8 Å². The highest BCUT2D eigenvalue weighted by molar-refractivity contribution is 5.85. The molecule has 10 rings (SSSR count). The van der Waals surface area contributed by atoms with Crippen LogP contribution in [0.15, 0.2) is 133 Å². The molecule has 4 saturated heterocycles. The van der Waals surface area contributed by atoms with Crippen LogP contribution in [0.5, 0.6) is 11.5 Å². The second-order valence-electron chi connectivity index (χ2n) is 24.3. The molecule has 4 N–H and O–H groups in total. The maximum atomic E-state index is 14.1. The minimum Gasteiger partial charge on any atom is -0.508 e. The van der Waals surface area contributed by atoms with Crippen LogP contribution in [0.1, 0.15) is 135 Å². The Bertz CT molecular complexity index is 2850. The maximum Gasteiger partial charge on any atom is 0.160 e. The van der Waals surface area contributed by atoms with E-state index in [1.54, 1.807) is 12.1 Å². The van der Waals surface area contributed by atoms with Crippen molar-refractivity contribution in [2.75, 3.05) is 65.4 Å². The summed E-state index contributed by atoms with van der Waals surface area (Å²) in [4.78, 5) is 24.0. The van der Waals surface area contributed by atoms with Crippen LogP contribution in [0.4, 0.5) is 8.78 Å². The van der Waals surface area contributed by atoms with Gasteiger partial charge in [0.2, 0.25) is 0 Å². The molecule has 4 aliphatic heterocycles. The molecule has 0 aromatic heterocycles. The van der Waals surface area contributed by atoms with E-state index in [1.807, 2.05) is 36.4 Å². The molecular formula is C67H84Cl2F2N6O3. The fourth-order valence-electron chi connectivity index (χ4n) is 13.5. The topological polar surface area (TPSA) is 94.5 Å². The number of phenols is 2. The quantitative estimate of drug-likeness (QED) is 0.0756. The van der Waals surface area contributed by atoms with Gasteiger partial charge < -0.3 is 20.8 Å². The van der Waals surface area contributed by atoms with Crippen LogP contribution in [0.25, 0.3) is 0 Å². The third-order valence-corrected chi connectivity index (χ3v) is 18.2. The van der Waals surface area contributed by atoms with E-state index in [0.717, 1.165) is 111 Å². The highest BCUT2D eigenvalue weighted by Crippen LogP contribution is 2.46. The molecule has 4 heterocycles. The Morgan fingerprint density at radius 3 is 1.31 bits per heavy atom. The summed E-state index contributed by atoms with van der Waals surface area (Å²) in [7, 11) is 0. The predicted molar refractivity (Wildman–Crippen MR) is 324 cm³/mol. The summed E-state index contributed by atoms with van der Waals surface area (Å²) < 4.78 is 28.2. The first-order valence-corrected chi connectivity index (χ1v) is 28.8. The number of carbonyl (C=O) groups excluding carboxylic acids is 1. The molecule has 0 spiro atoms. The number of nitrogens with one attached hydrogen (secondary N) is 2. The van der Waals surface area contributed by atoms with Gasteiger partial charge in [-0.1, -0.05) is 111 Å². The predicted octanol–water partition coefficient (Wildman–Crippen LogP) is 11.9. The fraction of sp³-hybridized carbons (Fsp3) is 0.448. The summed E-state index contributed by atoms with van der Waals surface area (Å²) in [6.07, 6.45) is 4.62. The molecule has 0 aliphatic carbocycles. The Morgan fingerprint density at radius 1 is 0.550 bits per heavy atom. The Kier molecular flexibility index (Phi) is 20.1. The van der Waals surface area contributed by atoms with Crippen molar-refractivity contribution in [3.05, 3.63) is 201 Å². The van der Waals surface area contributed by atoms with E-state index < -0.39 is 0 Å². The first-order valence-electron chi connectivity index (χ1n) is 28.8. The number of carbonyl (C=O) groups is 1. The Morgan fingerprint density at radius 2 is 0.938 bits per heavy atom. The molecule has 6 aromatic carbocycles. The molecular weight excluding hydrogens is 1050 g/mol. The van der Waals surface area contributed by atoms with Crippen molar-refractivity contribution in [2.45, 2.75) is 127 Å². The van der Waals surface area contributed by atoms with E-state index in [0.29, 0.717) is 38.0 Å². The van der Waals surface area contributed by atoms with Gasteiger partial charge in [-0.25, -0.2) is 8.78 Å². The lowest BCUT2D eigenvalue weighted by Gasteiger charge is -2.46. The van der Waals surface area contributed by atoms with Crippen molar-refractivity contribution < 1.29 is 23.8 Å². The number of nitrogens with zero attached hydrogens (tertiary/aromatic N) is 4. The number of benzene rings is 6. The summed E-state index contributed by atoms with van der Waals surface area (Å²) in [5.41, 5.74) is 10.2. The van der Waals surface area contributed by atoms with Crippen molar-refractivity contribution in [1.82, 2.24) is 30.2 Å². The van der Waals surface area contributed by atoms with Gasteiger partial charge in [0.25, 0.3) is 0 Å². The van der Waals surface area contributed by atoms with Gasteiger partial charge in [0.05, 0.1) is 25.2 Å². The van der Waals surface area contributed by atoms with Crippen molar-refractivity contribution in [1.29, 1.82) is 0 Å². The monoisotopic (exact) mass is 1130 g/mol. The zero-order valence-electron chi connectivity index (χ0n) is 47.6. The highest BCUT2D eigenvalue weighted by Gasteiger charge is 2.41. The van der Waals surface area contributed by atoms with Gasteiger partial charge in [-0.2, -0.15) is 0 Å². The average molecular weight is 1130 g/mol. The second-order valence-corrected chi connectivity index (χ2v) is 24.3. The minimum atomic E-state index is -0.279. The number of hydrogen-bond acceptors (Lipinski definition) is 9. The molecule has 0 bridgehead atoms. The van der Waals surface area contributed by atoms with E-state index in [2.05, 4.69) is 132 Å². The normalized spacial score (nSPS) is 22.6. The van der Waals surface area contributed by atoms with E-state index >= 15 is 0 Å². The van der Waals surface area contributed by atoms with Crippen LogP contribution in [-0.2, 0) is 28.5 Å². The summed E-state index contributed by atoms with van der Waals surface area (Å²) in [6.45, 7) is 21.6. The van der Waals surface area contributed by atoms with Crippen LogP contribution < -0.4 is 10.6 Å². The van der Waals surface area contributed by atoms with Crippen molar-refractivity contribution in [2.24, 2.45) is 0 Å². The fourth-order valence-corrected chi connectivity index (χ4v) is 13.5. The number of rotatable bonds is 16. The number of halogens is 4. The lowest BCUT2D eigenvalue weighted by atomic mass is 9.71. The second kappa shape index (κ2) is 26.4. The Hall–Kier alpha value is -5.21. The van der Waals surface area contributed by atoms with E-state index in [1.165, 1.54) is 46.5 Å². The van der Waals surface area contributed by atoms with Gasteiger partial charge >= 0.3 is 0 Å². The van der Waals surface area contributed by atoms with E-state index in [9.17, 15) is 23.8 Å². The van der Waals surface area contributed by atoms with Gasteiger partial charge in [0, 0.05) is 63.2 Å². The van der Waals surface area contributed by atoms with Crippen LogP contribution >= 0.6 is 24.8 Å². The van der Waals surface area contributed by atoms with Gasteiger partial charge in [-0.3, -0.25) is 24.4 Å². The van der Waals surface area contributed by atoms with E-state index in [-0.39, 0.29) is 88.7 Å². The lowest BCUT2D eigenvalue weighted by Crippen LogP contribution is -2.55. The molecule has 0 unspecified atom stereocenters. The summed E-state index contributed by atoms with van der Waals surface area (Å²) in [5.74, 6) is 0.166. The highest BCUT2D eigenvalue weighted by atomic mass is 35.5. The Labute approximate surface area is 487 Å². The molecule has 4 aliphatic rings. The third-order valence-electron chi connectivity index (χ3n) is 18.2. The van der Waals surface area contributed by atoms with Crippen molar-refractivity contribution in [3.8, 4) is 11.5 Å². The molecule has 13 heteroatoms. The maximum absolute atomic E-state index is 14.1. The van der Waals surface area contributed by atoms with Gasteiger partial charge in [0.15, 0.2) is 5.78 Å². The molecule has 6 aromatic rings. The summed E-state index contributed by atoms with van der Waals surface area (Å²) >= 11 is 0. The first-order chi connectivity index (χ1) is 37.5. The van der Waals surface area contributed by atoms with Gasteiger partial charge in [-0.05, 0) is 182 Å². The largest absolute Gasteiger partial charge is 0.508 e. The molecule has 4 fully saturated rings. The molecule has 0 amide bonds. The third kappa shape index (κ3) is 13.8. The summed E-state index contributed by atoms with van der Waals surface area (Å²) in [5, 5.41) is 30.5. The number of piperazine rings is 2. The van der Waals surface area contributed by atoms with E-state index in [4.69, 9.17) is 0 Å². The number of aromatic hydroxyl groups is 2. The molecule has 0 saturated carbocycles. The van der Waals surface area contributed by atoms with Crippen molar-refractivity contribution in [3.63, 3.8) is 0 Å². The molecule has 80 heavy (non-hydrogen) atoms. The summed E-state index contributed by atoms with van der Waals surface area (Å²) in [6, 6.07) is 44.2. The van der Waals surface area contributed by atoms with Crippen LogP contribution in [0, 0.1) is 11.6 Å². The number of likely N-dealkylation sites (tertiary alicyclic amines) is 2. The number of piperidine rings is 2. The zero-order chi connectivity index (χ0) is 54.7. The molecule has 428 valence electrons.